The van der Waals surface area contributed by atoms with Gasteiger partial charge in [0.05, 0.1) is 7.11 Å². The maximum atomic E-state index is 13.6. The number of carbonyl (C=O) groups excluding carboxylic acids is 1. The molecule has 0 unspecified atom stereocenters. The maximum Gasteiger partial charge on any atom is 0.248 e. The van der Waals surface area contributed by atoms with Crippen LogP contribution in [0.15, 0.2) is 18.2 Å². The molecule has 2 aliphatic rings. The van der Waals surface area contributed by atoms with Crippen molar-refractivity contribution in [1.29, 1.82) is 0 Å². The summed E-state index contributed by atoms with van der Waals surface area (Å²) in [5.74, 6) is -2.35. The number of ether oxygens (including phenoxy) is 1. The van der Waals surface area contributed by atoms with Crippen molar-refractivity contribution in [1.82, 2.24) is 4.90 Å². The standard InChI is InChI=1S/C21H29F3N2O2/c1-28-19-13-17(22)12-18(14-19)25-20(27)16-5-10-26(11-6-16)9-4-15-2-7-21(23,24)8-3-15/h12-16H,2-11H2,1H3,(H,25,27). The number of anilines is 1. The lowest BCUT2D eigenvalue weighted by atomic mass is 9.84. The topological polar surface area (TPSA) is 41.6 Å². The third kappa shape index (κ3) is 5.87. The van der Waals surface area contributed by atoms with Crippen LogP contribution in [0.1, 0.15) is 44.9 Å². The van der Waals surface area contributed by atoms with Gasteiger partial charge < -0.3 is 15.0 Å². The molecule has 0 aromatic heterocycles. The van der Waals surface area contributed by atoms with Crippen molar-refractivity contribution in [2.75, 3.05) is 32.1 Å². The van der Waals surface area contributed by atoms with Crippen LogP contribution in [0.4, 0.5) is 18.9 Å². The number of halogens is 3. The second-order valence-electron chi connectivity index (χ2n) is 8.07. The fourth-order valence-electron chi connectivity index (χ4n) is 4.17. The third-order valence-corrected chi connectivity index (χ3v) is 6.02. The lowest BCUT2D eigenvalue weighted by molar-refractivity contribution is -0.121. The molecule has 1 amide bonds. The minimum Gasteiger partial charge on any atom is -0.497 e. The van der Waals surface area contributed by atoms with Gasteiger partial charge in [0.2, 0.25) is 11.8 Å². The van der Waals surface area contributed by atoms with Crippen molar-refractivity contribution in [2.45, 2.75) is 50.9 Å². The molecule has 0 bridgehead atoms. The van der Waals surface area contributed by atoms with E-state index in [9.17, 15) is 18.0 Å². The molecular formula is C21H29F3N2O2. The number of benzene rings is 1. The Balaban J connectivity index is 1.40. The Hall–Kier alpha value is -1.76. The average molecular weight is 398 g/mol. The number of rotatable bonds is 6. The van der Waals surface area contributed by atoms with Crippen molar-refractivity contribution in [3.8, 4) is 5.75 Å². The Kier molecular flexibility index (Phi) is 6.86. The lowest BCUT2D eigenvalue weighted by Gasteiger charge is -2.33. The highest BCUT2D eigenvalue weighted by atomic mass is 19.3. The van der Waals surface area contributed by atoms with Gasteiger partial charge in [-0.3, -0.25) is 4.79 Å². The number of likely N-dealkylation sites (tertiary alicyclic amines) is 1. The molecule has 28 heavy (non-hydrogen) atoms. The summed E-state index contributed by atoms with van der Waals surface area (Å²) in [6.07, 6.45) is 3.72. The molecule has 3 rings (SSSR count). The molecule has 1 aliphatic heterocycles. The first kappa shape index (κ1) is 21.0. The number of methoxy groups -OCH3 is 1. The second kappa shape index (κ2) is 9.16. The molecular weight excluding hydrogens is 369 g/mol. The lowest BCUT2D eigenvalue weighted by Crippen LogP contribution is -2.39. The van der Waals surface area contributed by atoms with E-state index in [0.29, 0.717) is 30.2 Å². The van der Waals surface area contributed by atoms with Crippen LogP contribution in [0.25, 0.3) is 0 Å². The summed E-state index contributed by atoms with van der Waals surface area (Å²) in [5, 5.41) is 2.78. The Morgan fingerprint density at radius 3 is 2.50 bits per heavy atom. The van der Waals surface area contributed by atoms with Gasteiger partial charge in [-0.25, -0.2) is 13.2 Å². The zero-order valence-electron chi connectivity index (χ0n) is 16.4. The van der Waals surface area contributed by atoms with E-state index < -0.39 is 11.7 Å². The number of hydrogen-bond donors (Lipinski definition) is 1. The summed E-state index contributed by atoms with van der Waals surface area (Å²) < 4.78 is 45.1. The number of hydrogen-bond acceptors (Lipinski definition) is 3. The number of carbonyl (C=O) groups is 1. The van der Waals surface area contributed by atoms with Crippen molar-refractivity contribution in [3.63, 3.8) is 0 Å². The molecule has 0 atom stereocenters. The van der Waals surface area contributed by atoms with Crippen LogP contribution >= 0.6 is 0 Å². The van der Waals surface area contributed by atoms with Gasteiger partial charge in [-0.2, -0.15) is 0 Å². The van der Waals surface area contributed by atoms with E-state index in [4.69, 9.17) is 4.74 Å². The van der Waals surface area contributed by atoms with Crippen molar-refractivity contribution < 1.29 is 22.7 Å². The van der Waals surface area contributed by atoms with Crippen molar-refractivity contribution in [3.05, 3.63) is 24.0 Å². The van der Waals surface area contributed by atoms with Crippen molar-refractivity contribution in [2.24, 2.45) is 11.8 Å². The minimum absolute atomic E-state index is 0.0186. The summed E-state index contributed by atoms with van der Waals surface area (Å²) in [6.45, 7) is 2.56. The molecule has 0 spiro atoms. The van der Waals surface area contributed by atoms with Gasteiger partial charge in [-0.05, 0) is 63.7 Å². The molecule has 1 aromatic carbocycles. The van der Waals surface area contributed by atoms with Crippen molar-refractivity contribution >= 4 is 11.6 Å². The van der Waals surface area contributed by atoms with E-state index in [1.807, 2.05) is 0 Å². The van der Waals surface area contributed by atoms with Gasteiger partial charge >= 0.3 is 0 Å². The highest BCUT2D eigenvalue weighted by molar-refractivity contribution is 5.92. The second-order valence-corrected chi connectivity index (χ2v) is 8.07. The minimum atomic E-state index is -2.46. The Morgan fingerprint density at radius 2 is 1.86 bits per heavy atom. The first-order valence-electron chi connectivity index (χ1n) is 10.1. The molecule has 1 N–H and O–H groups in total. The Morgan fingerprint density at radius 1 is 1.18 bits per heavy atom. The molecule has 0 radical (unpaired) electrons. The first-order chi connectivity index (χ1) is 13.3. The fraction of sp³-hybridized carbons (Fsp3) is 0.667. The van der Waals surface area contributed by atoms with Gasteiger partial charge in [0.1, 0.15) is 11.6 Å². The van der Waals surface area contributed by atoms with Crippen LogP contribution in [0, 0.1) is 17.7 Å². The monoisotopic (exact) mass is 398 g/mol. The summed E-state index contributed by atoms with van der Waals surface area (Å²) in [4.78, 5) is 14.8. The van der Waals surface area contributed by atoms with E-state index in [1.54, 1.807) is 6.07 Å². The normalized spacial score (nSPS) is 21.4. The van der Waals surface area contributed by atoms with Gasteiger partial charge in [-0.1, -0.05) is 0 Å². The number of nitrogens with one attached hydrogen (secondary N) is 1. The van der Waals surface area contributed by atoms with E-state index in [1.165, 1.54) is 19.2 Å². The summed E-state index contributed by atoms with van der Waals surface area (Å²) >= 11 is 0. The predicted molar refractivity (Wildman–Crippen MR) is 102 cm³/mol. The maximum absolute atomic E-state index is 13.6. The van der Waals surface area contributed by atoms with E-state index in [2.05, 4.69) is 10.2 Å². The van der Waals surface area contributed by atoms with Crippen LogP contribution < -0.4 is 10.1 Å². The highest BCUT2D eigenvalue weighted by Gasteiger charge is 2.35. The summed E-state index contributed by atoms with van der Waals surface area (Å²) in [5.41, 5.74) is 0.401. The first-order valence-corrected chi connectivity index (χ1v) is 10.1. The molecule has 1 heterocycles. The van der Waals surface area contributed by atoms with Crippen LogP contribution in [0.2, 0.25) is 0 Å². The molecule has 2 fully saturated rings. The number of piperidine rings is 1. The number of alkyl halides is 2. The molecule has 1 saturated heterocycles. The molecule has 1 saturated carbocycles. The summed E-state index contributed by atoms with van der Waals surface area (Å²) in [7, 11) is 1.45. The fourth-order valence-corrected chi connectivity index (χ4v) is 4.17. The van der Waals surface area contributed by atoms with Gasteiger partial charge in [0, 0.05) is 36.6 Å². The van der Waals surface area contributed by atoms with Gasteiger partial charge in [-0.15, -0.1) is 0 Å². The zero-order chi connectivity index (χ0) is 20.1. The average Bonchev–Trinajstić information content (AvgIpc) is 2.67. The molecule has 7 heteroatoms. The molecule has 1 aliphatic carbocycles. The van der Waals surface area contributed by atoms with Gasteiger partial charge in [0.15, 0.2) is 0 Å². The van der Waals surface area contributed by atoms with Crippen LogP contribution in [-0.2, 0) is 4.79 Å². The number of amides is 1. The molecule has 4 nitrogen and oxygen atoms in total. The highest BCUT2D eigenvalue weighted by Crippen LogP contribution is 2.37. The Bertz CT molecular complexity index is 666. The van der Waals surface area contributed by atoms with Gasteiger partial charge in [0.25, 0.3) is 0 Å². The zero-order valence-corrected chi connectivity index (χ0v) is 16.4. The van der Waals surface area contributed by atoms with E-state index in [0.717, 1.165) is 38.9 Å². The number of nitrogens with zero attached hydrogens (tertiary/aromatic N) is 1. The SMILES string of the molecule is COc1cc(F)cc(NC(=O)C2CCN(CCC3CCC(F)(F)CC3)CC2)c1. The third-order valence-electron chi connectivity index (χ3n) is 6.02. The molecule has 156 valence electrons. The van der Waals surface area contributed by atoms with E-state index in [-0.39, 0.29) is 24.7 Å². The summed E-state index contributed by atoms with van der Waals surface area (Å²) in [6, 6.07) is 4.15. The molecule has 1 aromatic rings. The Labute approximate surface area is 164 Å². The van der Waals surface area contributed by atoms with Crippen LogP contribution in [0.5, 0.6) is 5.75 Å². The van der Waals surface area contributed by atoms with E-state index >= 15 is 0 Å². The smallest absolute Gasteiger partial charge is 0.248 e. The van der Waals surface area contributed by atoms with Crippen LogP contribution in [0.3, 0.4) is 0 Å². The van der Waals surface area contributed by atoms with Crippen LogP contribution in [-0.4, -0.2) is 43.5 Å². The largest absolute Gasteiger partial charge is 0.497 e. The predicted octanol–water partition coefficient (Wildman–Crippen LogP) is 4.70. The quantitative estimate of drug-likeness (QED) is 0.755.